The number of amides is 1. The smallest absolute Gasteiger partial charge is 0.222 e. The van der Waals surface area contributed by atoms with Crippen molar-refractivity contribution in [3.05, 3.63) is 34.6 Å². The minimum Gasteiger partial charge on any atom is -0.372 e. The Bertz CT molecular complexity index is 555. The molecule has 0 aliphatic carbocycles. The molecule has 2 heterocycles. The van der Waals surface area contributed by atoms with E-state index in [1.54, 1.807) is 12.1 Å². The van der Waals surface area contributed by atoms with Gasteiger partial charge in [0.05, 0.1) is 17.7 Å². The van der Waals surface area contributed by atoms with Crippen LogP contribution in [0.5, 0.6) is 0 Å². The molecule has 22 heavy (non-hydrogen) atoms. The maximum Gasteiger partial charge on any atom is 0.222 e. The minimum atomic E-state index is -0.434. The Morgan fingerprint density at radius 3 is 3.05 bits per heavy atom. The van der Waals surface area contributed by atoms with E-state index in [2.05, 4.69) is 5.32 Å². The summed E-state index contributed by atoms with van der Waals surface area (Å²) in [5.41, 5.74) is 0.780. The zero-order chi connectivity index (χ0) is 15.5. The van der Waals surface area contributed by atoms with Gasteiger partial charge in [0.1, 0.15) is 5.82 Å². The third kappa shape index (κ3) is 3.42. The molecular weight excluding hydrogens is 307 g/mol. The first-order valence-electron chi connectivity index (χ1n) is 7.70. The Morgan fingerprint density at radius 2 is 2.32 bits per heavy atom. The van der Waals surface area contributed by atoms with Crippen LogP contribution in [0.2, 0.25) is 5.02 Å². The number of hydrogen-bond acceptors (Lipinski definition) is 3. The summed E-state index contributed by atoms with van der Waals surface area (Å²) in [6.07, 6.45) is 1.32. The average Bonchev–Trinajstić information content (AvgIpc) is 2.76. The van der Waals surface area contributed by atoms with Crippen LogP contribution in [0.1, 0.15) is 24.5 Å². The van der Waals surface area contributed by atoms with Gasteiger partial charge in [-0.1, -0.05) is 17.7 Å². The highest BCUT2D eigenvalue weighted by Gasteiger charge is 2.31. The first-order valence-corrected chi connectivity index (χ1v) is 8.08. The quantitative estimate of drug-likeness (QED) is 0.927. The van der Waals surface area contributed by atoms with Crippen LogP contribution in [0.3, 0.4) is 0 Å². The summed E-state index contributed by atoms with van der Waals surface area (Å²) in [7, 11) is 0. The van der Waals surface area contributed by atoms with Crippen LogP contribution in [0.25, 0.3) is 0 Å². The van der Waals surface area contributed by atoms with E-state index < -0.39 is 5.82 Å². The summed E-state index contributed by atoms with van der Waals surface area (Å²) in [4.78, 5) is 13.8. The molecule has 3 rings (SSSR count). The number of halogens is 2. The van der Waals surface area contributed by atoms with Crippen LogP contribution in [0.15, 0.2) is 18.2 Å². The molecule has 2 atom stereocenters. The van der Waals surface area contributed by atoms with Gasteiger partial charge in [0.15, 0.2) is 0 Å². The Morgan fingerprint density at radius 1 is 1.45 bits per heavy atom. The summed E-state index contributed by atoms with van der Waals surface area (Å²) in [5, 5.41) is 3.44. The molecular formula is C16H20ClFN2O2. The summed E-state index contributed by atoms with van der Waals surface area (Å²) in [5.74, 6) is -0.133. The molecule has 0 bridgehead atoms. The highest BCUT2D eigenvalue weighted by Crippen LogP contribution is 2.31. The van der Waals surface area contributed by atoms with Gasteiger partial charge in [0, 0.05) is 38.5 Å². The van der Waals surface area contributed by atoms with E-state index in [0.29, 0.717) is 19.6 Å². The summed E-state index contributed by atoms with van der Waals surface area (Å²) in [6, 6.07) is 4.81. The van der Waals surface area contributed by atoms with Crippen LogP contribution >= 0.6 is 11.6 Å². The zero-order valence-electron chi connectivity index (χ0n) is 12.4. The highest BCUT2D eigenvalue weighted by atomic mass is 35.5. The van der Waals surface area contributed by atoms with Crippen molar-refractivity contribution in [1.29, 1.82) is 0 Å². The Kier molecular flexibility index (Phi) is 4.96. The first-order chi connectivity index (χ1) is 10.6. The molecule has 1 aromatic carbocycles. The fraction of sp³-hybridized carbons (Fsp3) is 0.562. The Hall–Kier alpha value is -1.17. The summed E-state index contributed by atoms with van der Waals surface area (Å²) >= 11 is 5.76. The first kappa shape index (κ1) is 15.7. The van der Waals surface area contributed by atoms with Crippen LogP contribution in [0, 0.1) is 11.7 Å². The van der Waals surface area contributed by atoms with Gasteiger partial charge in [0.2, 0.25) is 5.91 Å². The lowest BCUT2D eigenvalue weighted by atomic mass is 9.94. The third-order valence-electron chi connectivity index (χ3n) is 4.31. The van der Waals surface area contributed by atoms with Crippen molar-refractivity contribution in [2.24, 2.45) is 5.92 Å². The second-order valence-corrected chi connectivity index (χ2v) is 6.28. The van der Waals surface area contributed by atoms with Gasteiger partial charge >= 0.3 is 0 Å². The summed E-state index contributed by atoms with van der Waals surface area (Å²) < 4.78 is 19.7. The normalized spacial score (nSPS) is 26.3. The minimum absolute atomic E-state index is 0.102. The van der Waals surface area contributed by atoms with Gasteiger partial charge in [-0.15, -0.1) is 0 Å². The monoisotopic (exact) mass is 326 g/mol. The number of nitrogens with zero attached hydrogens (tertiary/aromatic N) is 1. The lowest BCUT2D eigenvalue weighted by molar-refractivity contribution is -0.128. The number of carbonyl (C=O) groups is 1. The molecule has 2 aliphatic rings. The molecule has 0 spiro atoms. The van der Waals surface area contributed by atoms with Gasteiger partial charge in [-0.05, 0) is 24.1 Å². The van der Waals surface area contributed by atoms with Crippen molar-refractivity contribution >= 4 is 17.5 Å². The predicted molar refractivity (Wildman–Crippen MR) is 82.3 cm³/mol. The second kappa shape index (κ2) is 6.94. The zero-order valence-corrected chi connectivity index (χ0v) is 13.1. The molecule has 1 aromatic rings. The molecule has 6 heteroatoms. The molecule has 4 nitrogen and oxygen atoms in total. The number of ether oxygens (including phenoxy) is 1. The lowest BCUT2D eigenvalue weighted by Crippen LogP contribution is -2.37. The van der Waals surface area contributed by atoms with Gasteiger partial charge in [-0.25, -0.2) is 4.39 Å². The standard InChI is InChI=1S/C16H20ClFN2O2/c17-13-4-3-11(8-14(13)18)16-12(9-19-5-7-22-16)10-20-6-1-2-15(20)21/h3-4,8,12,16,19H,1-2,5-7,9-10H2. The Balaban J connectivity index is 1.80. The molecule has 0 radical (unpaired) electrons. The molecule has 2 saturated heterocycles. The topological polar surface area (TPSA) is 41.6 Å². The van der Waals surface area contributed by atoms with Gasteiger partial charge in [0.25, 0.3) is 0 Å². The molecule has 2 aliphatic heterocycles. The largest absolute Gasteiger partial charge is 0.372 e. The molecule has 0 saturated carbocycles. The number of nitrogens with one attached hydrogen (secondary N) is 1. The van der Waals surface area contributed by atoms with E-state index in [1.807, 2.05) is 4.90 Å². The van der Waals surface area contributed by atoms with E-state index in [9.17, 15) is 9.18 Å². The molecule has 2 fully saturated rings. The van der Waals surface area contributed by atoms with Crippen LogP contribution in [-0.2, 0) is 9.53 Å². The second-order valence-electron chi connectivity index (χ2n) is 5.87. The fourth-order valence-electron chi connectivity index (χ4n) is 3.19. The fourth-order valence-corrected chi connectivity index (χ4v) is 3.30. The van der Waals surface area contributed by atoms with Crippen LogP contribution in [-0.4, -0.2) is 43.6 Å². The van der Waals surface area contributed by atoms with Crippen LogP contribution < -0.4 is 5.32 Å². The number of likely N-dealkylation sites (tertiary alicyclic amines) is 1. The lowest BCUT2D eigenvalue weighted by Gasteiger charge is -2.29. The van der Waals surface area contributed by atoms with Crippen molar-refractivity contribution < 1.29 is 13.9 Å². The van der Waals surface area contributed by atoms with Crippen molar-refractivity contribution in [2.45, 2.75) is 18.9 Å². The van der Waals surface area contributed by atoms with E-state index in [0.717, 1.165) is 31.6 Å². The maximum absolute atomic E-state index is 13.8. The predicted octanol–water partition coefficient (Wildman–Crippen LogP) is 2.38. The number of benzene rings is 1. The third-order valence-corrected chi connectivity index (χ3v) is 4.62. The number of hydrogen-bond donors (Lipinski definition) is 1. The number of carbonyl (C=O) groups excluding carboxylic acids is 1. The molecule has 120 valence electrons. The van der Waals surface area contributed by atoms with Crippen LogP contribution in [0.4, 0.5) is 4.39 Å². The maximum atomic E-state index is 13.8. The molecule has 1 N–H and O–H groups in total. The van der Waals surface area contributed by atoms with Crippen molar-refractivity contribution in [1.82, 2.24) is 10.2 Å². The molecule has 2 unspecified atom stereocenters. The van der Waals surface area contributed by atoms with Gasteiger partial charge in [-0.3, -0.25) is 4.79 Å². The molecule has 0 aromatic heterocycles. The van der Waals surface area contributed by atoms with Crippen molar-refractivity contribution in [3.63, 3.8) is 0 Å². The number of rotatable bonds is 3. The Labute approximate surface area is 134 Å². The van der Waals surface area contributed by atoms with Crippen molar-refractivity contribution in [3.8, 4) is 0 Å². The SMILES string of the molecule is O=C1CCCN1CC1CNCCOC1c1ccc(Cl)c(F)c1. The summed E-state index contributed by atoms with van der Waals surface area (Å²) in [6.45, 7) is 3.52. The highest BCUT2D eigenvalue weighted by molar-refractivity contribution is 6.30. The van der Waals surface area contributed by atoms with Crippen molar-refractivity contribution in [2.75, 3.05) is 32.8 Å². The average molecular weight is 327 g/mol. The van der Waals surface area contributed by atoms with E-state index >= 15 is 0 Å². The van der Waals surface area contributed by atoms with Gasteiger partial charge < -0.3 is 15.0 Å². The van der Waals surface area contributed by atoms with E-state index in [1.165, 1.54) is 6.07 Å². The van der Waals surface area contributed by atoms with E-state index in [4.69, 9.17) is 16.3 Å². The van der Waals surface area contributed by atoms with Gasteiger partial charge in [-0.2, -0.15) is 0 Å². The van der Waals surface area contributed by atoms with E-state index in [-0.39, 0.29) is 23.0 Å². The molecule has 1 amide bonds.